The molecule has 0 unspecified atom stereocenters. The average molecular weight is 205 g/mol. The van der Waals surface area contributed by atoms with E-state index >= 15 is 0 Å². The first-order valence-corrected chi connectivity index (χ1v) is 4.87. The van der Waals surface area contributed by atoms with Gasteiger partial charge in [0, 0.05) is 12.6 Å². The van der Waals surface area contributed by atoms with E-state index in [2.05, 4.69) is 41.0 Å². The van der Waals surface area contributed by atoms with Gasteiger partial charge in [-0.15, -0.1) is 0 Å². The van der Waals surface area contributed by atoms with E-state index in [1.165, 1.54) is 0 Å². The SMILES string of the molecule is Cn1cnc2c(NC(C)(C)C)ncnc21. The molecule has 2 rings (SSSR count). The van der Waals surface area contributed by atoms with Gasteiger partial charge >= 0.3 is 0 Å². The molecule has 5 heteroatoms. The Bertz CT molecular complexity index is 480. The summed E-state index contributed by atoms with van der Waals surface area (Å²) in [6.07, 6.45) is 3.30. The fourth-order valence-electron chi connectivity index (χ4n) is 1.39. The van der Waals surface area contributed by atoms with E-state index in [1.54, 1.807) is 12.7 Å². The molecule has 0 aliphatic heterocycles. The third-order valence-electron chi connectivity index (χ3n) is 1.99. The third-order valence-corrected chi connectivity index (χ3v) is 1.99. The van der Waals surface area contributed by atoms with E-state index in [1.807, 2.05) is 11.6 Å². The molecule has 2 aromatic heterocycles. The molecule has 2 aromatic rings. The number of anilines is 1. The number of hydrogen-bond acceptors (Lipinski definition) is 4. The standard InChI is InChI=1S/C10H15N5/c1-10(2,3)14-8-7-9(12-5-11-8)15(4)6-13-7/h5-6H,1-4H3,(H,11,12,14). The Kier molecular flexibility index (Phi) is 2.10. The molecule has 0 saturated heterocycles. The first-order valence-electron chi connectivity index (χ1n) is 4.87. The van der Waals surface area contributed by atoms with Crippen LogP contribution >= 0.6 is 0 Å². The fourth-order valence-corrected chi connectivity index (χ4v) is 1.39. The maximum Gasteiger partial charge on any atom is 0.165 e. The molecule has 0 bridgehead atoms. The van der Waals surface area contributed by atoms with Crippen LogP contribution in [0.5, 0.6) is 0 Å². The molecule has 0 aromatic carbocycles. The number of fused-ring (bicyclic) bond motifs is 1. The quantitative estimate of drug-likeness (QED) is 0.767. The lowest BCUT2D eigenvalue weighted by atomic mass is 10.1. The van der Waals surface area contributed by atoms with Crippen molar-refractivity contribution in [2.45, 2.75) is 26.3 Å². The molecule has 0 fully saturated rings. The average Bonchev–Trinajstić information content (AvgIpc) is 2.47. The normalized spacial score (nSPS) is 12.0. The lowest BCUT2D eigenvalue weighted by Crippen LogP contribution is -2.26. The van der Waals surface area contributed by atoms with Crippen LogP contribution in [0.1, 0.15) is 20.8 Å². The van der Waals surface area contributed by atoms with E-state index < -0.39 is 0 Å². The molecule has 0 aliphatic carbocycles. The topological polar surface area (TPSA) is 55.6 Å². The number of hydrogen-bond donors (Lipinski definition) is 1. The molecular weight excluding hydrogens is 190 g/mol. The molecule has 0 atom stereocenters. The van der Waals surface area contributed by atoms with Gasteiger partial charge in [0.05, 0.1) is 6.33 Å². The summed E-state index contributed by atoms with van der Waals surface area (Å²) in [4.78, 5) is 12.7. The molecule has 2 heterocycles. The highest BCUT2D eigenvalue weighted by Crippen LogP contribution is 2.19. The van der Waals surface area contributed by atoms with E-state index in [-0.39, 0.29) is 5.54 Å². The van der Waals surface area contributed by atoms with Crippen LogP contribution in [0.2, 0.25) is 0 Å². The van der Waals surface area contributed by atoms with Gasteiger partial charge in [-0.05, 0) is 20.8 Å². The van der Waals surface area contributed by atoms with Crippen LogP contribution in [0.25, 0.3) is 11.2 Å². The minimum Gasteiger partial charge on any atom is -0.364 e. The van der Waals surface area contributed by atoms with Gasteiger partial charge in [0.15, 0.2) is 11.5 Å². The molecule has 1 N–H and O–H groups in total. The summed E-state index contributed by atoms with van der Waals surface area (Å²) in [6, 6.07) is 0. The molecule has 0 saturated carbocycles. The van der Waals surface area contributed by atoms with Crippen LogP contribution in [0.4, 0.5) is 5.82 Å². The van der Waals surface area contributed by atoms with Gasteiger partial charge in [0.25, 0.3) is 0 Å². The lowest BCUT2D eigenvalue weighted by Gasteiger charge is -2.21. The lowest BCUT2D eigenvalue weighted by molar-refractivity contribution is 0.631. The van der Waals surface area contributed by atoms with Crippen LogP contribution in [-0.4, -0.2) is 25.1 Å². The third kappa shape index (κ3) is 1.91. The minimum absolute atomic E-state index is 0.0290. The Labute approximate surface area is 88.6 Å². The zero-order valence-corrected chi connectivity index (χ0v) is 9.44. The fraction of sp³-hybridized carbons (Fsp3) is 0.500. The Hall–Kier alpha value is -1.65. The first-order chi connectivity index (χ1) is 6.97. The van der Waals surface area contributed by atoms with Gasteiger partial charge in [0.2, 0.25) is 0 Å². The molecule has 0 spiro atoms. The largest absolute Gasteiger partial charge is 0.364 e. The minimum atomic E-state index is -0.0290. The summed E-state index contributed by atoms with van der Waals surface area (Å²) in [5.41, 5.74) is 1.63. The number of nitrogens with zero attached hydrogens (tertiary/aromatic N) is 4. The predicted molar refractivity (Wildman–Crippen MR) is 59.7 cm³/mol. The highest BCUT2D eigenvalue weighted by Gasteiger charge is 2.14. The van der Waals surface area contributed by atoms with E-state index in [0.29, 0.717) is 0 Å². The molecule has 15 heavy (non-hydrogen) atoms. The monoisotopic (exact) mass is 205 g/mol. The molecule has 80 valence electrons. The van der Waals surface area contributed by atoms with Gasteiger partial charge < -0.3 is 9.88 Å². The molecule has 0 amide bonds. The summed E-state index contributed by atoms with van der Waals surface area (Å²) >= 11 is 0. The number of imidazole rings is 1. The molecule has 0 aliphatic rings. The van der Waals surface area contributed by atoms with Crippen LogP contribution in [0, 0.1) is 0 Å². The second-order valence-corrected chi connectivity index (χ2v) is 4.62. The van der Waals surface area contributed by atoms with Crippen molar-refractivity contribution in [3.63, 3.8) is 0 Å². The van der Waals surface area contributed by atoms with Crippen LogP contribution in [-0.2, 0) is 7.05 Å². The summed E-state index contributed by atoms with van der Waals surface area (Å²) in [5.74, 6) is 0.785. The smallest absolute Gasteiger partial charge is 0.165 e. The van der Waals surface area contributed by atoms with Crippen molar-refractivity contribution in [2.24, 2.45) is 7.05 Å². The van der Waals surface area contributed by atoms with Gasteiger partial charge in [-0.3, -0.25) is 0 Å². The Morgan fingerprint density at radius 1 is 1.20 bits per heavy atom. The van der Waals surface area contributed by atoms with Crippen molar-refractivity contribution in [2.75, 3.05) is 5.32 Å². The molecule has 0 radical (unpaired) electrons. The Morgan fingerprint density at radius 3 is 2.60 bits per heavy atom. The first kappa shape index (κ1) is 9.89. The summed E-state index contributed by atoms with van der Waals surface area (Å²) in [5, 5.41) is 3.31. The van der Waals surface area contributed by atoms with E-state index in [0.717, 1.165) is 17.0 Å². The second-order valence-electron chi connectivity index (χ2n) is 4.62. The Balaban J connectivity index is 2.52. The second kappa shape index (κ2) is 3.18. The van der Waals surface area contributed by atoms with Crippen LogP contribution in [0.3, 0.4) is 0 Å². The van der Waals surface area contributed by atoms with Gasteiger partial charge in [-0.1, -0.05) is 0 Å². The number of nitrogens with one attached hydrogen (secondary N) is 1. The number of aromatic nitrogens is 4. The maximum atomic E-state index is 4.28. The zero-order valence-electron chi connectivity index (χ0n) is 9.44. The zero-order chi connectivity index (χ0) is 11.1. The Morgan fingerprint density at radius 2 is 1.93 bits per heavy atom. The van der Waals surface area contributed by atoms with Crippen molar-refractivity contribution in [3.05, 3.63) is 12.7 Å². The number of aryl methyl sites for hydroxylation is 1. The van der Waals surface area contributed by atoms with Crippen molar-refractivity contribution in [3.8, 4) is 0 Å². The highest BCUT2D eigenvalue weighted by molar-refractivity contribution is 5.82. The molecular formula is C10H15N5. The number of rotatable bonds is 1. The summed E-state index contributed by atoms with van der Waals surface area (Å²) < 4.78 is 1.88. The summed E-state index contributed by atoms with van der Waals surface area (Å²) in [6.45, 7) is 6.26. The highest BCUT2D eigenvalue weighted by atomic mass is 15.1. The van der Waals surface area contributed by atoms with Gasteiger partial charge in [0.1, 0.15) is 11.8 Å². The maximum absolute atomic E-state index is 4.28. The predicted octanol–water partition coefficient (Wildman–Crippen LogP) is 1.57. The van der Waals surface area contributed by atoms with Crippen molar-refractivity contribution in [1.82, 2.24) is 19.5 Å². The van der Waals surface area contributed by atoms with Crippen molar-refractivity contribution >= 4 is 17.0 Å². The van der Waals surface area contributed by atoms with E-state index in [4.69, 9.17) is 0 Å². The van der Waals surface area contributed by atoms with Gasteiger partial charge in [-0.25, -0.2) is 15.0 Å². The van der Waals surface area contributed by atoms with Crippen LogP contribution in [0.15, 0.2) is 12.7 Å². The van der Waals surface area contributed by atoms with Crippen molar-refractivity contribution < 1.29 is 0 Å². The van der Waals surface area contributed by atoms with Crippen molar-refractivity contribution in [1.29, 1.82) is 0 Å². The molecule has 5 nitrogen and oxygen atoms in total. The van der Waals surface area contributed by atoms with Gasteiger partial charge in [-0.2, -0.15) is 0 Å². The summed E-state index contributed by atoms with van der Waals surface area (Å²) in [7, 11) is 1.92. The van der Waals surface area contributed by atoms with Crippen LogP contribution < -0.4 is 5.32 Å². The van der Waals surface area contributed by atoms with E-state index in [9.17, 15) is 0 Å².